The quantitative estimate of drug-likeness (QED) is 0.262. The van der Waals surface area contributed by atoms with Crippen LogP contribution in [-0.4, -0.2) is 0 Å². The zero-order chi connectivity index (χ0) is 19.2. The van der Waals surface area contributed by atoms with Crippen molar-refractivity contribution in [3.05, 3.63) is 58.6 Å². The summed E-state index contributed by atoms with van der Waals surface area (Å²) in [5.74, 6) is 0. The van der Waals surface area contributed by atoms with Crippen molar-refractivity contribution in [2.75, 3.05) is 0 Å². The van der Waals surface area contributed by atoms with Gasteiger partial charge in [-0.2, -0.15) is 0 Å². The van der Waals surface area contributed by atoms with Gasteiger partial charge in [0.05, 0.1) is 0 Å². The van der Waals surface area contributed by atoms with Crippen LogP contribution in [-0.2, 0) is 6.42 Å². The van der Waals surface area contributed by atoms with Crippen molar-refractivity contribution in [3.8, 4) is 11.1 Å². The minimum absolute atomic E-state index is 1.18. The largest absolute Gasteiger partial charge is 0.0654 e. The van der Waals surface area contributed by atoms with E-state index in [1.54, 1.807) is 0 Å². The first-order chi connectivity index (χ1) is 13.3. The Hall–Kier alpha value is -1.08. The maximum absolute atomic E-state index is 3.85. The van der Waals surface area contributed by atoms with E-state index in [0.717, 1.165) is 0 Å². The fraction of sp³-hybridized carbons (Fsp3) is 0.538. The lowest BCUT2D eigenvalue weighted by molar-refractivity contribution is 0.544. The van der Waals surface area contributed by atoms with Gasteiger partial charge < -0.3 is 0 Å². The standard InChI is InChI=1S/C26H37Br/c1-2-3-4-5-6-7-8-9-10-11-12-14-20-24-21-17-22-25(26(24)27)23-18-15-13-16-19-23/h13,15-19,21-22H,2-12,14,20H2,1H3. The highest BCUT2D eigenvalue weighted by atomic mass is 79.9. The van der Waals surface area contributed by atoms with Crippen molar-refractivity contribution in [2.45, 2.75) is 90.4 Å². The van der Waals surface area contributed by atoms with Crippen molar-refractivity contribution >= 4 is 15.9 Å². The number of halogens is 1. The summed E-state index contributed by atoms with van der Waals surface area (Å²) in [6.07, 6.45) is 18.1. The zero-order valence-electron chi connectivity index (χ0n) is 17.2. The lowest BCUT2D eigenvalue weighted by atomic mass is 9.99. The van der Waals surface area contributed by atoms with Crippen molar-refractivity contribution in [3.63, 3.8) is 0 Å². The van der Waals surface area contributed by atoms with Gasteiger partial charge in [-0.25, -0.2) is 0 Å². The molecule has 0 radical (unpaired) electrons. The molecule has 0 spiro atoms. The lowest BCUT2D eigenvalue weighted by Gasteiger charge is -2.10. The van der Waals surface area contributed by atoms with E-state index in [1.165, 1.54) is 105 Å². The normalized spacial score (nSPS) is 11.0. The van der Waals surface area contributed by atoms with Crippen LogP contribution < -0.4 is 0 Å². The molecule has 0 saturated heterocycles. The van der Waals surface area contributed by atoms with Crippen LogP contribution in [0.3, 0.4) is 0 Å². The van der Waals surface area contributed by atoms with Crippen LogP contribution >= 0.6 is 15.9 Å². The minimum Gasteiger partial charge on any atom is -0.0654 e. The number of benzene rings is 2. The molecule has 0 aliphatic heterocycles. The van der Waals surface area contributed by atoms with E-state index in [4.69, 9.17) is 0 Å². The molecule has 0 nitrogen and oxygen atoms in total. The number of hydrogen-bond acceptors (Lipinski definition) is 0. The Morgan fingerprint density at radius 2 is 1.15 bits per heavy atom. The summed E-state index contributed by atoms with van der Waals surface area (Å²) in [6.45, 7) is 2.29. The predicted molar refractivity (Wildman–Crippen MR) is 124 cm³/mol. The summed E-state index contributed by atoms with van der Waals surface area (Å²) >= 11 is 3.85. The highest BCUT2D eigenvalue weighted by Gasteiger charge is 2.07. The Bertz CT molecular complexity index is 617. The second-order valence-corrected chi connectivity index (χ2v) is 8.58. The molecule has 0 aliphatic carbocycles. The molecule has 0 fully saturated rings. The first-order valence-corrected chi connectivity index (χ1v) is 11.9. The van der Waals surface area contributed by atoms with Gasteiger partial charge in [-0.1, -0.05) is 126 Å². The number of aryl methyl sites for hydroxylation is 1. The first-order valence-electron chi connectivity index (χ1n) is 11.2. The SMILES string of the molecule is CCCCCCCCCCCCCCc1cccc(-c2ccccc2)c1Br. The molecule has 0 saturated carbocycles. The van der Waals surface area contributed by atoms with Gasteiger partial charge in [-0.3, -0.25) is 0 Å². The van der Waals surface area contributed by atoms with E-state index in [0.29, 0.717) is 0 Å². The lowest BCUT2D eigenvalue weighted by Crippen LogP contribution is -1.91. The van der Waals surface area contributed by atoms with Gasteiger partial charge in [-0.15, -0.1) is 0 Å². The molecule has 2 rings (SSSR count). The number of rotatable bonds is 14. The van der Waals surface area contributed by atoms with E-state index in [2.05, 4.69) is 71.4 Å². The van der Waals surface area contributed by atoms with Crippen LogP contribution in [0.2, 0.25) is 0 Å². The molecular weight excluding hydrogens is 392 g/mol. The molecule has 2 aromatic rings. The molecule has 0 N–H and O–H groups in total. The first kappa shape index (κ1) is 22.2. The summed E-state index contributed by atoms with van der Waals surface area (Å²) in [6, 6.07) is 17.4. The molecule has 0 heterocycles. The molecule has 0 aromatic heterocycles. The Labute approximate surface area is 175 Å². The molecule has 0 aliphatic rings. The third-order valence-electron chi connectivity index (χ3n) is 5.46. The van der Waals surface area contributed by atoms with Gasteiger partial charge in [0.15, 0.2) is 0 Å². The summed E-state index contributed by atoms with van der Waals surface area (Å²) < 4.78 is 1.28. The summed E-state index contributed by atoms with van der Waals surface area (Å²) in [5.41, 5.74) is 4.05. The molecule has 0 unspecified atom stereocenters. The third kappa shape index (κ3) is 8.64. The number of unbranched alkanes of at least 4 members (excludes halogenated alkanes) is 11. The predicted octanol–water partition coefficient (Wildman–Crippen LogP) is 9.36. The van der Waals surface area contributed by atoms with Crippen molar-refractivity contribution < 1.29 is 0 Å². The Kier molecular flexibility index (Phi) is 11.5. The van der Waals surface area contributed by atoms with Gasteiger partial charge in [0.1, 0.15) is 0 Å². The van der Waals surface area contributed by atoms with E-state index >= 15 is 0 Å². The molecule has 0 amide bonds. The van der Waals surface area contributed by atoms with Crippen LogP contribution in [0.1, 0.15) is 89.5 Å². The average Bonchev–Trinajstić information content (AvgIpc) is 2.70. The van der Waals surface area contributed by atoms with Crippen LogP contribution in [0.15, 0.2) is 53.0 Å². The maximum Gasteiger partial charge on any atom is 0.0285 e. The summed E-state index contributed by atoms with van der Waals surface area (Å²) in [4.78, 5) is 0. The van der Waals surface area contributed by atoms with Gasteiger partial charge in [0.2, 0.25) is 0 Å². The van der Waals surface area contributed by atoms with Crippen LogP contribution in [0, 0.1) is 0 Å². The van der Waals surface area contributed by atoms with Gasteiger partial charge in [-0.05, 0) is 45.5 Å². The second kappa shape index (κ2) is 14.0. The Morgan fingerprint density at radius 1 is 0.593 bits per heavy atom. The minimum atomic E-state index is 1.18. The van der Waals surface area contributed by atoms with E-state index < -0.39 is 0 Å². The molecule has 0 bridgehead atoms. The van der Waals surface area contributed by atoms with E-state index in [-0.39, 0.29) is 0 Å². The highest BCUT2D eigenvalue weighted by molar-refractivity contribution is 9.10. The Balaban J connectivity index is 1.59. The van der Waals surface area contributed by atoms with Crippen molar-refractivity contribution in [2.24, 2.45) is 0 Å². The smallest absolute Gasteiger partial charge is 0.0285 e. The molecule has 0 atom stereocenters. The fourth-order valence-corrected chi connectivity index (χ4v) is 4.46. The average molecular weight is 429 g/mol. The van der Waals surface area contributed by atoms with Gasteiger partial charge >= 0.3 is 0 Å². The fourth-order valence-electron chi connectivity index (χ4n) is 3.77. The van der Waals surface area contributed by atoms with Crippen LogP contribution in [0.5, 0.6) is 0 Å². The summed E-state index contributed by atoms with van der Waals surface area (Å²) in [7, 11) is 0. The Morgan fingerprint density at radius 3 is 1.74 bits per heavy atom. The topological polar surface area (TPSA) is 0 Å². The molecule has 27 heavy (non-hydrogen) atoms. The van der Waals surface area contributed by atoms with Crippen molar-refractivity contribution in [1.29, 1.82) is 0 Å². The van der Waals surface area contributed by atoms with Crippen LogP contribution in [0.25, 0.3) is 11.1 Å². The molecule has 1 heteroatoms. The van der Waals surface area contributed by atoms with Crippen LogP contribution in [0.4, 0.5) is 0 Å². The maximum atomic E-state index is 3.85. The molecule has 148 valence electrons. The zero-order valence-corrected chi connectivity index (χ0v) is 18.8. The highest BCUT2D eigenvalue weighted by Crippen LogP contribution is 2.31. The van der Waals surface area contributed by atoms with Gasteiger partial charge in [0.25, 0.3) is 0 Å². The van der Waals surface area contributed by atoms with E-state index in [1.807, 2.05) is 0 Å². The number of hydrogen-bond donors (Lipinski definition) is 0. The van der Waals surface area contributed by atoms with Crippen molar-refractivity contribution in [1.82, 2.24) is 0 Å². The molecular formula is C26H37Br. The monoisotopic (exact) mass is 428 g/mol. The molecule has 2 aromatic carbocycles. The van der Waals surface area contributed by atoms with E-state index in [9.17, 15) is 0 Å². The van der Waals surface area contributed by atoms with Gasteiger partial charge in [0, 0.05) is 4.47 Å². The summed E-state index contributed by atoms with van der Waals surface area (Å²) in [5, 5.41) is 0. The third-order valence-corrected chi connectivity index (χ3v) is 6.40. The second-order valence-electron chi connectivity index (χ2n) is 7.78.